The third kappa shape index (κ3) is 5.16. The number of guanidine groups is 1. The summed E-state index contributed by atoms with van der Waals surface area (Å²) in [4.78, 5) is 14.0. The second-order valence-corrected chi connectivity index (χ2v) is 1.86. The Morgan fingerprint density at radius 3 is 2.64 bits per heavy atom. The van der Waals surface area contributed by atoms with E-state index in [-0.39, 0.29) is 12.3 Å². The number of rotatable bonds is 3. The van der Waals surface area contributed by atoms with Crippen LogP contribution in [-0.4, -0.2) is 25.5 Å². The molecule has 0 heterocycles. The number of carbonyl (C=O) groups excluding carboxylic acids is 1. The highest BCUT2D eigenvalue weighted by Gasteiger charge is 1.95. The van der Waals surface area contributed by atoms with E-state index in [1.54, 1.807) is 7.05 Å². The van der Waals surface area contributed by atoms with Crippen LogP contribution in [0.4, 0.5) is 0 Å². The van der Waals surface area contributed by atoms with E-state index in [1.165, 1.54) is 0 Å². The van der Waals surface area contributed by atoms with E-state index in [4.69, 9.17) is 11.6 Å². The molecule has 0 rings (SSSR count). The summed E-state index contributed by atoms with van der Waals surface area (Å²) in [6, 6.07) is 0. The van der Waals surface area contributed by atoms with E-state index in [0.29, 0.717) is 12.5 Å². The summed E-state index contributed by atoms with van der Waals surface area (Å²) in [5, 5.41) is 2.76. The summed E-state index contributed by atoms with van der Waals surface area (Å²) in [7, 11) is 1.58. The zero-order chi connectivity index (χ0) is 8.69. The summed E-state index contributed by atoms with van der Waals surface area (Å²) >= 11 is 0. The van der Waals surface area contributed by atoms with Gasteiger partial charge in [0.2, 0.25) is 11.9 Å². The molecular formula is C5H13N5O. The lowest BCUT2D eigenvalue weighted by Crippen LogP contribution is -2.42. The lowest BCUT2D eigenvalue weighted by molar-refractivity contribution is -0.117. The molecule has 0 aliphatic carbocycles. The number of nitrogens with two attached hydrogens (primary N) is 2. The first kappa shape index (κ1) is 9.70. The van der Waals surface area contributed by atoms with Gasteiger partial charge in [-0.25, -0.2) is 5.84 Å². The van der Waals surface area contributed by atoms with Gasteiger partial charge in [-0.1, -0.05) is 0 Å². The van der Waals surface area contributed by atoms with E-state index in [0.717, 1.165) is 0 Å². The number of aliphatic imine (C=N–C) groups is 1. The lowest BCUT2D eigenvalue weighted by Gasteiger charge is -2.05. The van der Waals surface area contributed by atoms with Crippen LogP contribution in [0.2, 0.25) is 0 Å². The monoisotopic (exact) mass is 159 g/mol. The Balaban J connectivity index is 3.45. The Morgan fingerprint density at radius 1 is 1.64 bits per heavy atom. The van der Waals surface area contributed by atoms with Crippen LogP contribution in [-0.2, 0) is 4.79 Å². The predicted octanol–water partition coefficient (Wildman–Crippen LogP) is -2.10. The predicted molar refractivity (Wildman–Crippen MR) is 42.5 cm³/mol. The van der Waals surface area contributed by atoms with E-state index in [1.807, 2.05) is 0 Å². The summed E-state index contributed by atoms with van der Waals surface area (Å²) in [6.45, 7) is 0.437. The molecule has 6 heteroatoms. The highest BCUT2D eigenvalue weighted by Crippen LogP contribution is 1.72. The van der Waals surface area contributed by atoms with Crippen LogP contribution in [0.3, 0.4) is 0 Å². The molecule has 0 saturated carbocycles. The van der Waals surface area contributed by atoms with Gasteiger partial charge in [0, 0.05) is 20.0 Å². The smallest absolute Gasteiger partial charge is 0.219 e. The molecule has 0 radical (unpaired) electrons. The summed E-state index contributed by atoms with van der Waals surface area (Å²) in [5.74, 6) is 5.12. The maximum absolute atomic E-state index is 10.2. The van der Waals surface area contributed by atoms with Crippen molar-refractivity contribution in [3.05, 3.63) is 0 Å². The summed E-state index contributed by atoms with van der Waals surface area (Å²) < 4.78 is 0. The van der Waals surface area contributed by atoms with Gasteiger partial charge in [0.1, 0.15) is 0 Å². The number of amides is 1. The molecule has 0 fully saturated rings. The molecule has 6 nitrogen and oxygen atoms in total. The second-order valence-electron chi connectivity index (χ2n) is 1.86. The number of hydrogen-bond acceptors (Lipinski definition) is 3. The minimum Gasteiger partial charge on any atom is -0.370 e. The fourth-order valence-corrected chi connectivity index (χ4v) is 0.499. The largest absolute Gasteiger partial charge is 0.370 e. The maximum Gasteiger partial charge on any atom is 0.219 e. The summed E-state index contributed by atoms with van der Waals surface area (Å²) in [6.07, 6.45) is 0.265. The molecular weight excluding hydrogens is 146 g/mol. The van der Waals surface area contributed by atoms with Crippen LogP contribution >= 0.6 is 0 Å². The fraction of sp³-hybridized carbons (Fsp3) is 0.600. The Kier molecular flexibility index (Phi) is 4.83. The van der Waals surface area contributed by atoms with Gasteiger partial charge >= 0.3 is 0 Å². The Hall–Kier alpha value is -1.30. The van der Waals surface area contributed by atoms with Crippen LogP contribution in [0.25, 0.3) is 0 Å². The van der Waals surface area contributed by atoms with Crippen LogP contribution in [0, 0.1) is 0 Å². The number of hydrazine groups is 1. The standard InChI is InChI=1S/C5H13N5O/c1-8-5(10-7)9-3-2-4(6)11/h2-3,7H2,1H3,(H2,6,11)(H2,8,9,10). The molecule has 0 aliphatic heterocycles. The van der Waals surface area contributed by atoms with Gasteiger partial charge in [-0.3, -0.25) is 15.2 Å². The van der Waals surface area contributed by atoms with Crippen LogP contribution in [0.1, 0.15) is 6.42 Å². The molecule has 0 aromatic carbocycles. The molecule has 0 aliphatic rings. The van der Waals surface area contributed by atoms with Crippen LogP contribution in [0.5, 0.6) is 0 Å². The molecule has 0 aromatic rings. The van der Waals surface area contributed by atoms with Crippen molar-refractivity contribution in [1.29, 1.82) is 0 Å². The van der Waals surface area contributed by atoms with Gasteiger partial charge < -0.3 is 11.1 Å². The lowest BCUT2D eigenvalue weighted by atomic mass is 10.4. The minimum atomic E-state index is -0.357. The van der Waals surface area contributed by atoms with Crippen molar-refractivity contribution in [2.45, 2.75) is 6.42 Å². The topological polar surface area (TPSA) is 106 Å². The number of carbonyl (C=O) groups is 1. The molecule has 0 saturated heterocycles. The van der Waals surface area contributed by atoms with Crippen LogP contribution in [0.15, 0.2) is 4.99 Å². The number of hydrogen-bond donors (Lipinski definition) is 4. The average Bonchev–Trinajstić information content (AvgIpc) is 1.98. The average molecular weight is 159 g/mol. The van der Waals surface area contributed by atoms with Crippen molar-refractivity contribution in [3.63, 3.8) is 0 Å². The first-order valence-corrected chi connectivity index (χ1v) is 3.16. The summed E-state index contributed by atoms with van der Waals surface area (Å²) in [5.41, 5.74) is 7.20. The van der Waals surface area contributed by atoms with Gasteiger partial charge in [-0.15, -0.1) is 0 Å². The molecule has 0 atom stereocenters. The van der Waals surface area contributed by atoms with E-state index >= 15 is 0 Å². The molecule has 6 N–H and O–H groups in total. The maximum atomic E-state index is 10.2. The number of nitrogens with zero attached hydrogens (tertiary/aromatic N) is 1. The van der Waals surface area contributed by atoms with Crippen molar-refractivity contribution < 1.29 is 4.79 Å². The highest BCUT2D eigenvalue weighted by atomic mass is 16.1. The minimum absolute atomic E-state index is 0.265. The van der Waals surface area contributed by atoms with Gasteiger partial charge in [-0.2, -0.15) is 0 Å². The highest BCUT2D eigenvalue weighted by molar-refractivity contribution is 5.80. The molecule has 11 heavy (non-hydrogen) atoms. The van der Waals surface area contributed by atoms with E-state index in [9.17, 15) is 4.79 Å². The molecule has 0 spiro atoms. The molecule has 0 aromatic heterocycles. The van der Waals surface area contributed by atoms with Crippen molar-refractivity contribution >= 4 is 11.9 Å². The zero-order valence-electron chi connectivity index (χ0n) is 6.42. The first-order valence-electron chi connectivity index (χ1n) is 3.16. The van der Waals surface area contributed by atoms with Crippen molar-refractivity contribution in [2.75, 3.05) is 13.6 Å². The van der Waals surface area contributed by atoms with Crippen LogP contribution < -0.4 is 22.3 Å². The first-order chi connectivity index (χ1) is 5.20. The van der Waals surface area contributed by atoms with Crippen molar-refractivity contribution in [3.8, 4) is 0 Å². The molecule has 0 bridgehead atoms. The second kappa shape index (κ2) is 5.48. The SMILES string of the molecule is CN=C(NN)NCCC(N)=O. The van der Waals surface area contributed by atoms with E-state index < -0.39 is 0 Å². The fourth-order valence-electron chi connectivity index (χ4n) is 0.499. The number of primary amides is 1. The zero-order valence-corrected chi connectivity index (χ0v) is 6.42. The van der Waals surface area contributed by atoms with Gasteiger partial charge in [0.05, 0.1) is 0 Å². The molecule has 1 amide bonds. The van der Waals surface area contributed by atoms with Gasteiger partial charge in [-0.05, 0) is 0 Å². The third-order valence-corrected chi connectivity index (χ3v) is 1.02. The molecule has 0 unspecified atom stereocenters. The van der Waals surface area contributed by atoms with Gasteiger partial charge in [0.15, 0.2) is 0 Å². The van der Waals surface area contributed by atoms with Gasteiger partial charge in [0.25, 0.3) is 0 Å². The molecule has 64 valence electrons. The quantitative estimate of drug-likeness (QED) is 0.164. The third-order valence-electron chi connectivity index (χ3n) is 1.02. The van der Waals surface area contributed by atoms with Crippen molar-refractivity contribution in [1.82, 2.24) is 10.7 Å². The van der Waals surface area contributed by atoms with E-state index in [2.05, 4.69) is 15.7 Å². The normalized spacial score (nSPS) is 10.9. The van der Waals surface area contributed by atoms with Crippen molar-refractivity contribution in [2.24, 2.45) is 16.6 Å². The number of nitrogens with one attached hydrogen (secondary N) is 2. The Labute approximate surface area is 65.0 Å². The Bertz CT molecular complexity index is 155. The Morgan fingerprint density at radius 2 is 2.27 bits per heavy atom.